The second kappa shape index (κ2) is 47.3. The van der Waals surface area contributed by atoms with E-state index in [1.165, 1.54) is 231 Å². The molecule has 0 saturated carbocycles. The van der Waals surface area contributed by atoms with E-state index in [0.29, 0.717) is 17.4 Å². The second-order valence-corrected chi connectivity index (χ2v) is 22.1. The Morgan fingerprint density at radius 2 is 0.828 bits per heavy atom. The molecule has 3 atom stereocenters. The van der Waals surface area contributed by atoms with Gasteiger partial charge in [-0.1, -0.05) is 270 Å². The maximum Gasteiger partial charge on any atom is 0.472 e. The molecule has 0 aromatic carbocycles. The van der Waals surface area contributed by atoms with Gasteiger partial charge in [-0.3, -0.25) is 13.8 Å². The van der Waals surface area contributed by atoms with E-state index in [0.717, 1.165) is 32.1 Å². The predicted molar refractivity (Wildman–Crippen MR) is 277 cm³/mol. The third-order valence-electron chi connectivity index (χ3n) is 13.0. The first-order valence-corrected chi connectivity index (χ1v) is 29.6. The Morgan fingerprint density at radius 3 is 1.16 bits per heavy atom. The summed E-state index contributed by atoms with van der Waals surface area (Å²) in [7, 11) is 1.59. The lowest BCUT2D eigenvalue weighted by Gasteiger charge is -2.25. The SMILES string of the molecule is CCCCCCCCCCCCCCCCC/C=C/C(O)C(COP(=O)(O)OCC[N+](C)(C)C)NC(=O)CCCCCCCCCCCCCCCCCCCCCCCCCCC. The van der Waals surface area contributed by atoms with Gasteiger partial charge >= 0.3 is 7.82 Å². The third kappa shape index (κ3) is 49.2. The van der Waals surface area contributed by atoms with Crippen molar-refractivity contribution in [3.8, 4) is 0 Å². The van der Waals surface area contributed by atoms with Crippen LogP contribution in [0.15, 0.2) is 12.2 Å². The van der Waals surface area contributed by atoms with Gasteiger partial charge in [-0.2, -0.15) is 0 Å². The summed E-state index contributed by atoms with van der Waals surface area (Å²) in [4.78, 5) is 23.3. The number of phosphoric ester groups is 1. The highest BCUT2D eigenvalue weighted by Crippen LogP contribution is 2.43. The number of hydrogen-bond acceptors (Lipinski definition) is 5. The zero-order valence-electron chi connectivity index (χ0n) is 43.6. The van der Waals surface area contributed by atoms with Crippen LogP contribution in [0.3, 0.4) is 0 Å². The molecule has 9 heteroatoms. The number of amides is 1. The van der Waals surface area contributed by atoms with Crippen LogP contribution in [0.2, 0.25) is 0 Å². The molecule has 8 nitrogen and oxygen atoms in total. The highest BCUT2D eigenvalue weighted by Gasteiger charge is 2.27. The number of allylic oxidation sites excluding steroid dienone is 1. The number of phosphoric acid groups is 1. The van der Waals surface area contributed by atoms with E-state index in [1.54, 1.807) is 6.08 Å². The van der Waals surface area contributed by atoms with E-state index in [2.05, 4.69) is 19.2 Å². The van der Waals surface area contributed by atoms with Crippen molar-refractivity contribution < 1.29 is 32.9 Å². The molecule has 3 N–H and O–H groups in total. The summed E-state index contributed by atoms with van der Waals surface area (Å²) < 4.78 is 23.7. The molecule has 0 spiro atoms. The first-order valence-electron chi connectivity index (χ1n) is 28.1. The molecule has 3 unspecified atom stereocenters. The normalized spacial score (nSPS) is 14.0. The number of carbonyl (C=O) groups is 1. The molecule has 0 heterocycles. The standard InChI is InChI=1S/C55H111N2O6P/c1-6-8-10-12-14-16-18-20-22-24-25-26-27-28-29-30-31-33-35-37-39-41-43-45-47-49-55(59)56-53(52-63-64(60,61)62-51-50-57(3,4)5)54(58)48-46-44-42-40-38-36-34-32-23-21-19-17-15-13-11-9-7-2/h46,48,53-54,58H,6-45,47,49-52H2,1-5H3,(H-,56,59,60,61)/p+1/b48-46+. The summed E-state index contributed by atoms with van der Waals surface area (Å²) in [6.07, 6.45) is 57.3. The van der Waals surface area contributed by atoms with Gasteiger partial charge in [0.2, 0.25) is 5.91 Å². The molecule has 0 saturated heterocycles. The number of likely N-dealkylation sites (N-methyl/N-ethyl adjacent to an activating group) is 1. The minimum Gasteiger partial charge on any atom is -0.387 e. The van der Waals surface area contributed by atoms with Crippen molar-refractivity contribution in [1.29, 1.82) is 0 Å². The molecule has 64 heavy (non-hydrogen) atoms. The van der Waals surface area contributed by atoms with Gasteiger partial charge in [0.1, 0.15) is 13.2 Å². The zero-order valence-corrected chi connectivity index (χ0v) is 44.4. The third-order valence-corrected chi connectivity index (χ3v) is 14.0. The smallest absolute Gasteiger partial charge is 0.387 e. The van der Waals surface area contributed by atoms with E-state index in [1.807, 2.05) is 27.2 Å². The number of aliphatic hydroxyl groups is 1. The summed E-state index contributed by atoms with van der Waals surface area (Å²) in [5, 5.41) is 13.9. The molecular formula is C55H112N2O6P+. The fourth-order valence-electron chi connectivity index (χ4n) is 8.57. The van der Waals surface area contributed by atoms with Crippen molar-refractivity contribution in [2.75, 3.05) is 40.9 Å². The number of nitrogens with zero attached hydrogens (tertiary/aromatic N) is 1. The van der Waals surface area contributed by atoms with Crippen LogP contribution < -0.4 is 5.32 Å². The molecule has 0 aliphatic carbocycles. The molecule has 0 bridgehead atoms. The Balaban J connectivity index is 4.16. The van der Waals surface area contributed by atoms with Gasteiger partial charge in [-0.15, -0.1) is 0 Å². The zero-order chi connectivity index (χ0) is 47.1. The van der Waals surface area contributed by atoms with Gasteiger partial charge in [0, 0.05) is 6.42 Å². The van der Waals surface area contributed by atoms with Gasteiger partial charge in [0.05, 0.1) is 39.9 Å². The maximum atomic E-state index is 13.0. The quantitative estimate of drug-likeness (QED) is 0.0243. The lowest BCUT2D eigenvalue weighted by molar-refractivity contribution is -0.870. The van der Waals surface area contributed by atoms with Crippen molar-refractivity contribution in [3.63, 3.8) is 0 Å². The number of hydrogen-bond donors (Lipinski definition) is 3. The van der Waals surface area contributed by atoms with Crippen LogP contribution in [0.1, 0.15) is 284 Å². The summed E-state index contributed by atoms with van der Waals surface area (Å²) in [6.45, 7) is 4.86. The Bertz CT molecular complexity index is 1050. The van der Waals surface area contributed by atoms with Gasteiger partial charge in [0.25, 0.3) is 0 Å². The van der Waals surface area contributed by atoms with Crippen LogP contribution in [0.25, 0.3) is 0 Å². The van der Waals surface area contributed by atoms with Crippen LogP contribution in [0.4, 0.5) is 0 Å². The van der Waals surface area contributed by atoms with E-state index >= 15 is 0 Å². The number of unbranched alkanes of at least 4 members (excludes halogenated alkanes) is 39. The highest BCUT2D eigenvalue weighted by molar-refractivity contribution is 7.47. The maximum absolute atomic E-state index is 13.0. The second-order valence-electron chi connectivity index (χ2n) is 20.7. The van der Waals surface area contributed by atoms with Gasteiger partial charge < -0.3 is 19.8 Å². The van der Waals surface area contributed by atoms with Crippen LogP contribution in [-0.2, 0) is 18.4 Å². The van der Waals surface area contributed by atoms with Gasteiger partial charge in [-0.25, -0.2) is 4.57 Å². The molecular weight excluding hydrogens is 816 g/mol. The molecule has 0 radical (unpaired) electrons. The minimum atomic E-state index is -4.34. The Kier molecular flexibility index (Phi) is 46.8. The molecule has 0 aliphatic heterocycles. The number of nitrogens with one attached hydrogen (secondary N) is 1. The van der Waals surface area contributed by atoms with Gasteiger partial charge in [0.15, 0.2) is 0 Å². The van der Waals surface area contributed by atoms with Crippen LogP contribution in [-0.4, -0.2) is 73.4 Å². The molecule has 0 aliphatic rings. The average Bonchev–Trinajstić information content (AvgIpc) is 3.25. The highest BCUT2D eigenvalue weighted by atomic mass is 31.2. The number of aliphatic hydroxyl groups excluding tert-OH is 1. The Morgan fingerprint density at radius 1 is 0.516 bits per heavy atom. The first kappa shape index (κ1) is 63.2. The summed E-state index contributed by atoms with van der Waals surface area (Å²) in [5.74, 6) is -0.170. The fraction of sp³-hybridized carbons (Fsp3) is 0.945. The van der Waals surface area contributed by atoms with Crippen LogP contribution >= 0.6 is 7.82 Å². The topological polar surface area (TPSA) is 105 Å². The van der Waals surface area contributed by atoms with E-state index in [-0.39, 0.29) is 19.1 Å². The molecule has 1 amide bonds. The van der Waals surface area contributed by atoms with Crippen molar-refractivity contribution in [2.24, 2.45) is 0 Å². The van der Waals surface area contributed by atoms with E-state index < -0.39 is 20.0 Å². The lowest BCUT2D eigenvalue weighted by Crippen LogP contribution is -2.45. The van der Waals surface area contributed by atoms with Crippen molar-refractivity contribution in [2.45, 2.75) is 296 Å². The number of carbonyl (C=O) groups excluding carboxylic acids is 1. The van der Waals surface area contributed by atoms with Crippen molar-refractivity contribution in [3.05, 3.63) is 12.2 Å². The average molecular weight is 928 g/mol. The largest absolute Gasteiger partial charge is 0.472 e. The number of quaternary nitrogens is 1. The van der Waals surface area contributed by atoms with E-state index in [4.69, 9.17) is 9.05 Å². The van der Waals surface area contributed by atoms with Crippen LogP contribution in [0, 0.1) is 0 Å². The predicted octanol–water partition coefficient (Wildman–Crippen LogP) is 16.7. The molecule has 0 rings (SSSR count). The minimum absolute atomic E-state index is 0.0651. The van der Waals surface area contributed by atoms with Gasteiger partial charge in [-0.05, 0) is 19.3 Å². The molecule has 0 aromatic rings. The van der Waals surface area contributed by atoms with Crippen molar-refractivity contribution >= 4 is 13.7 Å². The summed E-state index contributed by atoms with van der Waals surface area (Å²) >= 11 is 0. The monoisotopic (exact) mass is 928 g/mol. The molecule has 0 aromatic heterocycles. The lowest BCUT2D eigenvalue weighted by atomic mass is 10.0. The first-order chi connectivity index (χ1) is 31.0. The summed E-state index contributed by atoms with van der Waals surface area (Å²) in [6, 6.07) is -0.841. The molecule has 0 fully saturated rings. The Labute approximate surface area is 399 Å². The van der Waals surface area contributed by atoms with Crippen molar-refractivity contribution in [1.82, 2.24) is 5.32 Å². The summed E-state index contributed by atoms with van der Waals surface area (Å²) in [5.41, 5.74) is 0. The Hall–Kier alpha value is -0.760. The fourth-order valence-corrected chi connectivity index (χ4v) is 9.31. The molecule has 382 valence electrons. The van der Waals surface area contributed by atoms with E-state index in [9.17, 15) is 19.4 Å². The van der Waals surface area contributed by atoms with Crippen LogP contribution in [0.5, 0.6) is 0 Å². The number of rotatable bonds is 52.